The third-order valence-corrected chi connectivity index (χ3v) is 8.95. The number of benzene rings is 4. The van der Waals surface area contributed by atoms with E-state index in [2.05, 4.69) is 95.7 Å². The van der Waals surface area contributed by atoms with Crippen LogP contribution in [0.2, 0.25) is 0 Å². The summed E-state index contributed by atoms with van der Waals surface area (Å²) in [5.41, 5.74) is 2.68. The SMILES string of the molecule is c1csc(-c2cc3sc4cc(-c5cccs5)c5ccccc5c4c3c3ccccc23)c1. The summed E-state index contributed by atoms with van der Waals surface area (Å²) < 4.78 is 2.73. The van der Waals surface area contributed by atoms with Crippen LogP contribution < -0.4 is 0 Å². The average Bonchev–Trinajstić information content (AvgIpc) is 3.58. The summed E-state index contributed by atoms with van der Waals surface area (Å²) >= 11 is 5.55. The molecule has 4 aromatic carbocycles. The molecular weight excluding hydrogens is 433 g/mol. The largest absolute Gasteiger partial charge is 0.144 e. The first-order valence-corrected chi connectivity index (χ1v) is 12.8. The third kappa shape index (κ3) is 2.58. The van der Waals surface area contributed by atoms with Gasteiger partial charge in [-0.3, -0.25) is 0 Å². The van der Waals surface area contributed by atoms with E-state index in [0.717, 1.165) is 0 Å². The van der Waals surface area contributed by atoms with Crippen LogP contribution in [0, 0.1) is 0 Å². The smallest absolute Gasteiger partial charge is 0.0368 e. The van der Waals surface area contributed by atoms with Crippen LogP contribution in [0.4, 0.5) is 0 Å². The quantitative estimate of drug-likeness (QED) is 0.247. The van der Waals surface area contributed by atoms with E-state index >= 15 is 0 Å². The first-order valence-electron chi connectivity index (χ1n) is 10.3. The standard InChI is InChI=1S/C28H16S3/c1-3-9-19-17(7-1)21(23-11-5-13-29-23)15-25-27(19)28-20-10-4-2-8-18(20)22(16-26(28)31-25)24-12-6-14-30-24/h1-16H. The van der Waals surface area contributed by atoms with Gasteiger partial charge in [-0.2, -0.15) is 0 Å². The summed E-state index contributed by atoms with van der Waals surface area (Å²) in [6.45, 7) is 0. The number of hydrogen-bond donors (Lipinski definition) is 0. The second-order valence-electron chi connectivity index (χ2n) is 7.74. The lowest BCUT2D eigenvalue weighted by Crippen LogP contribution is -1.82. The summed E-state index contributed by atoms with van der Waals surface area (Å²) in [4.78, 5) is 2.67. The lowest BCUT2D eigenvalue weighted by atomic mass is 9.94. The van der Waals surface area contributed by atoms with Gasteiger partial charge in [-0.05, 0) is 56.6 Å². The van der Waals surface area contributed by atoms with E-state index in [1.165, 1.54) is 62.6 Å². The van der Waals surface area contributed by atoms with Gasteiger partial charge in [0.15, 0.2) is 0 Å². The van der Waals surface area contributed by atoms with E-state index in [0.29, 0.717) is 0 Å². The molecule has 7 aromatic rings. The summed E-state index contributed by atoms with van der Waals surface area (Å²) in [6.07, 6.45) is 0. The number of thiophene rings is 3. The van der Waals surface area contributed by atoms with Crippen molar-refractivity contribution in [2.24, 2.45) is 0 Å². The summed E-state index contributed by atoms with van der Waals surface area (Å²) in [5.74, 6) is 0. The minimum atomic E-state index is 1.33. The fraction of sp³-hybridized carbons (Fsp3) is 0. The molecular formula is C28H16S3. The Labute approximate surface area is 191 Å². The molecule has 0 saturated heterocycles. The minimum Gasteiger partial charge on any atom is -0.144 e. The maximum Gasteiger partial charge on any atom is 0.0368 e. The lowest BCUT2D eigenvalue weighted by Gasteiger charge is -2.09. The van der Waals surface area contributed by atoms with Gasteiger partial charge in [0.25, 0.3) is 0 Å². The molecule has 0 N–H and O–H groups in total. The Morgan fingerprint density at radius 3 is 1.32 bits per heavy atom. The number of rotatable bonds is 2. The third-order valence-electron chi connectivity index (χ3n) is 6.06. The average molecular weight is 449 g/mol. The van der Waals surface area contributed by atoms with E-state index in [-0.39, 0.29) is 0 Å². The first-order chi connectivity index (χ1) is 15.4. The van der Waals surface area contributed by atoms with Crippen molar-refractivity contribution < 1.29 is 0 Å². The van der Waals surface area contributed by atoms with Gasteiger partial charge >= 0.3 is 0 Å². The van der Waals surface area contributed by atoms with Gasteiger partial charge in [0.1, 0.15) is 0 Å². The molecule has 146 valence electrons. The van der Waals surface area contributed by atoms with Crippen molar-refractivity contribution in [2.45, 2.75) is 0 Å². The molecule has 3 heterocycles. The molecule has 3 heteroatoms. The zero-order valence-electron chi connectivity index (χ0n) is 16.5. The molecule has 0 bridgehead atoms. The van der Waals surface area contributed by atoms with Crippen molar-refractivity contribution in [2.75, 3.05) is 0 Å². The van der Waals surface area contributed by atoms with Crippen molar-refractivity contribution in [1.29, 1.82) is 0 Å². The highest BCUT2D eigenvalue weighted by Crippen LogP contribution is 2.47. The molecule has 0 spiro atoms. The summed E-state index contributed by atoms with van der Waals surface area (Å²) in [5, 5.41) is 12.5. The Morgan fingerprint density at radius 1 is 0.452 bits per heavy atom. The van der Waals surface area contributed by atoms with E-state index in [9.17, 15) is 0 Å². The second kappa shape index (κ2) is 6.76. The molecule has 31 heavy (non-hydrogen) atoms. The lowest BCUT2D eigenvalue weighted by molar-refractivity contribution is 1.79. The minimum absolute atomic E-state index is 1.33. The maximum absolute atomic E-state index is 2.41. The van der Waals surface area contributed by atoms with Gasteiger partial charge < -0.3 is 0 Å². The van der Waals surface area contributed by atoms with Crippen molar-refractivity contribution >= 4 is 75.7 Å². The highest BCUT2D eigenvalue weighted by Gasteiger charge is 2.17. The van der Waals surface area contributed by atoms with Gasteiger partial charge in [0.05, 0.1) is 0 Å². The van der Waals surface area contributed by atoms with Crippen LogP contribution in [-0.2, 0) is 0 Å². The second-order valence-corrected chi connectivity index (χ2v) is 10.7. The highest BCUT2D eigenvalue weighted by molar-refractivity contribution is 7.26. The topological polar surface area (TPSA) is 0 Å². The molecule has 0 aliphatic rings. The monoisotopic (exact) mass is 448 g/mol. The van der Waals surface area contributed by atoms with E-state index in [4.69, 9.17) is 0 Å². The molecule has 0 aliphatic heterocycles. The zero-order chi connectivity index (χ0) is 20.4. The van der Waals surface area contributed by atoms with Crippen LogP contribution in [0.15, 0.2) is 95.7 Å². The van der Waals surface area contributed by atoms with Gasteiger partial charge in [-0.15, -0.1) is 34.0 Å². The summed E-state index contributed by atoms with van der Waals surface area (Å²) in [7, 11) is 0. The molecule has 0 amide bonds. The Morgan fingerprint density at radius 2 is 0.903 bits per heavy atom. The zero-order valence-corrected chi connectivity index (χ0v) is 18.9. The Kier molecular flexibility index (Phi) is 3.85. The van der Waals surface area contributed by atoms with E-state index < -0.39 is 0 Å². The predicted molar refractivity (Wildman–Crippen MR) is 141 cm³/mol. The molecule has 0 radical (unpaired) electrons. The van der Waals surface area contributed by atoms with Gasteiger partial charge in [-0.1, -0.05) is 60.7 Å². The molecule has 3 aromatic heterocycles. The maximum atomic E-state index is 2.41. The van der Waals surface area contributed by atoms with Crippen molar-refractivity contribution in [3.63, 3.8) is 0 Å². The van der Waals surface area contributed by atoms with Crippen molar-refractivity contribution in [3.05, 3.63) is 95.7 Å². The molecule has 0 unspecified atom stereocenters. The van der Waals surface area contributed by atoms with Crippen molar-refractivity contribution in [3.8, 4) is 20.9 Å². The fourth-order valence-corrected chi connectivity index (χ4v) is 7.50. The van der Waals surface area contributed by atoms with Crippen LogP contribution in [0.3, 0.4) is 0 Å². The van der Waals surface area contributed by atoms with E-state index in [1.807, 2.05) is 34.0 Å². The van der Waals surface area contributed by atoms with Crippen LogP contribution in [0.25, 0.3) is 62.6 Å². The van der Waals surface area contributed by atoms with Gasteiger partial charge in [-0.25, -0.2) is 0 Å². The number of fused-ring (bicyclic) bond motifs is 7. The normalized spacial score (nSPS) is 11.9. The van der Waals surface area contributed by atoms with Crippen LogP contribution in [0.1, 0.15) is 0 Å². The molecule has 7 rings (SSSR count). The van der Waals surface area contributed by atoms with Gasteiger partial charge in [0.2, 0.25) is 0 Å². The van der Waals surface area contributed by atoms with Gasteiger partial charge in [0, 0.05) is 41.1 Å². The van der Waals surface area contributed by atoms with Crippen LogP contribution in [0.5, 0.6) is 0 Å². The van der Waals surface area contributed by atoms with E-state index in [1.54, 1.807) is 0 Å². The Bertz CT molecular complexity index is 1590. The molecule has 0 atom stereocenters. The number of hydrogen-bond acceptors (Lipinski definition) is 3. The van der Waals surface area contributed by atoms with Crippen LogP contribution >= 0.6 is 34.0 Å². The van der Waals surface area contributed by atoms with Crippen LogP contribution in [-0.4, -0.2) is 0 Å². The molecule has 0 fully saturated rings. The molecule has 0 saturated carbocycles. The first kappa shape index (κ1) is 17.7. The van der Waals surface area contributed by atoms with Crippen molar-refractivity contribution in [1.82, 2.24) is 0 Å². The Hall–Kier alpha value is -2.98. The Balaban J connectivity index is 1.71. The highest BCUT2D eigenvalue weighted by atomic mass is 32.1. The summed E-state index contributed by atoms with van der Waals surface area (Å²) in [6, 6.07) is 31.4. The fourth-order valence-electron chi connectivity index (χ4n) is 4.77. The molecule has 0 nitrogen and oxygen atoms in total. The predicted octanol–water partition coefficient (Wildman–Crippen LogP) is 9.82. The molecule has 0 aliphatic carbocycles.